The van der Waals surface area contributed by atoms with Gasteiger partial charge in [-0.2, -0.15) is 0 Å². The van der Waals surface area contributed by atoms with Crippen LogP contribution in [-0.2, 0) is 22.6 Å². The van der Waals surface area contributed by atoms with Gasteiger partial charge in [-0.1, -0.05) is 93.0 Å². The third kappa shape index (κ3) is 8.36. The van der Waals surface area contributed by atoms with Crippen LogP contribution in [0.2, 0.25) is 5.02 Å². The second-order valence-electron chi connectivity index (χ2n) is 9.66. The summed E-state index contributed by atoms with van der Waals surface area (Å²) in [5.41, 5.74) is 2.85. The van der Waals surface area contributed by atoms with Crippen LogP contribution < -0.4 is 10.1 Å². The Morgan fingerprint density at radius 3 is 2.27 bits per heavy atom. The summed E-state index contributed by atoms with van der Waals surface area (Å²) in [5.74, 6) is 0.480. The Bertz CT molecular complexity index is 1170. The van der Waals surface area contributed by atoms with Gasteiger partial charge in [0.05, 0.1) is 0 Å². The standard InChI is InChI=1S/C31H37ClN2O3/c1-5-23(4)33-31(36)28(19-24-12-7-6-8-13-24)34(20-25-14-11-15-26(32)18-25)30(35)21-37-29-17-10-9-16-27(29)22(2)3/h6-18,22-23,28H,5,19-21H2,1-4H3,(H,33,36)/t23-,28-/m0/s1. The lowest BCUT2D eigenvalue weighted by Crippen LogP contribution is -2.53. The van der Waals surface area contributed by atoms with Gasteiger partial charge in [-0.25, -0.2) is 0 Å². The van der Waals surface area contributed by atoms with E-state index >= 15 is 0 Å². The highest BCUT2D eigenvalue weighted by Gasteiger charge is 2.31. The van der Waals surface area contributed by atoms with Crippen LogP contribution in [0, 0.1) is 0 Å². The first kappa shape index (κ1) is 28.3. The smallest absolute Gasteiger partial charge is 0.261 e. The van der Waals surface area contributed by atoms with Crippen LogP contribution in [0.15, 0.2) is 78.9 Å². The Morgan fingerprint density at radius 2 is 1.59 bits per heavy atom. The number of amides is 2. The maximum absolute atomic E-state index is 13.8. The van der Waals surface area contributed by atoms with Crippen molar-refractivity contribution in [3.8, 4) is 5.75 Å². The molecule has 5 nitrogen and oxygen atoms in total. The van der Waals surface area contributed by atoms with Crippen molar-refractivity contribution >= 4 is 23.4 Å². The molecule has 1 N–H and O–H groups in total. The summed E-state index contributed by atoms with van der Waals surface area (Å²) in [5, 5.41) is 3.66. The average Bonchev–Trinajstić information content (AvgIpc) is 2.89. The van der Waals surface area contributed by atoms with E-state index in [9.17, 15) is 9.59 Å². The predicted octanol–water partition coefficient (Wildman–Crippen LogP) is 6.40. The van der Waals surface area contributed by atoms with Crippen molar-refractivity contribution < 1.29 is 14.3 Å². The maximum atomic E-state index is 13.8. The zero-order valence-electron chi connectivity index (χ0n) is 22.1. The molecule has 0 saturated heterocycles. The zero-order chi connectivity index (χ0) is 26.8. The molecule has 3 aromatic carbocycles. The average molecular weight is 521 g/mol. The number of nitrogens with one attached hydrogen (secondary N) is 1. The molecule has 0 aliphatic rings. The molecule has 196 valence electrons. The summed E-state index contributed by atoms with van der Waals surface area (Å²) in [4.78, 5) is 29.0. The molecule has 0 aromatic heterocycles. The summed E-state index contributed by atoms with van der Waals surface area (Å²) in [6.07, 6.45) is 1.18. The Labute approximate surface area is 225 Å². The first-order chi connectivity index (χ1) is 17.8. The van der Waals surface area contributed by atoms with E-state index in [1.807, 2.05) is 86.6 Å². The molecule has 2 amide bonds. The molecule has 6 heteroatoms. The van der Waals surface area contributed by atoms with Gasteiger partial charge >= 0.3 is 0 Å². The van der Waals surface area contributed by atoms with Gasteiger partial charge in [-0.3, -0.25) is 9.59 Å². The van der Waals surface area contributed by atoms with Crippen LogP contribution in [0.25, 0.3) is 0 Å². The molecule has 0 unspecified atom stereocenters. The van der Waals surface area contributed by atoms with Gasteiger partial charge in [0.1, 0.15) is 11.8 Å². The number of halogens is 1. The van der Waals surface area contributed by atoms with E-state index in [1.165, 1.54) is 0 Å². The fourth-order valence-electron chi connectivity index (χ4n) is 4.14. The van der Waals surface area contributed by atoms with Crippen LogP contribution in [0.5, 0.6) is 5.75 Å². The number of carbonyl (C=O) groups is 2. The van der Waals surface area contributed by atoms with Gasteiger partial charge < -0.3 is 15.0 Å². The maximum Gasteiger partial charge on any atom is 0.261 e. The highest BCUT2D eigenvalue weighted by molar-refractivity contribution is 6.30. The van der Waals surface area contributed by atoms with Gasteiger partial charge in [-0.05, 0) is 54.2 Å². The van der Waals surface area contributed by atoms with Crippen LogP contribution in [-0.4, -0.2) is 35.4 Å². The molecule has 0 heterocycles. The van der Waals surface area contributed by atoms with Crippen molar-refractivity contribution in [3.63, 3.8) is 0 Å². The minimum Gasteiger partial charge on any atom is -0.483 e. The van der Waals surface area contributed by atoms with E-state index in [4.69, 9.17) is 16.3 Å². The van der Waals surface area contributed by atoms with E-state index in [2.05, 4.69) is 19.2 Å². The Kier molecular flexibility index (Phi) is 10.6. The number of rotatable bonds is 12. The number of carbonyl (C=O) groups excluding carboxylic acids is 2. The Balaban J connectivity index is 1.94. The van der Waals surface area contributed by atoms with Crippen LogP contribution in [0.3, 0.4) is 0 Å². The largest absolute Gasteiger partial charge is 0.483 e. The molecule has 2 atom stereocenters. The van der Waals surface area contributed by atoms with Crippen molar-refractivity contribution in [3.05, 3.63) is 101 Å². The topological polar surface area (TPSA) is 58.6 Å². The Hall–Kier alpha value is -3.31. The molecule has 0 aliphatic carbocycles. The van der Waals surface area contributed by atoms with Gasteiger partial charge in [0.25, 0.3) is 5.91 Å². The molecule has 0 saturated carbocycles. The van der Waals surface area contributed by atoms with Crippen molar-refractivity contribution in [2.45, 2.75) is 65.1 Å². The molecule has 37 heavy (non-hydrogen) atoms. The van der Waals surface area contributed by atoms with Crippen molar-refractivity contribution in [2.75, 3.05) is 6.61 Å². The van der Waals surface area contributed by atoms with Crippen LogP contribution >= 0.6 is 11.6 Å². The molecular formula is C31H37ClN2O3. The molecular weight excluding hydrogens is 484 g/mol. The zero-order valence-corrected chi connectivity index (χ0v) is 22.9. The fourth-order valence-corrected chi connectivity index (χ4v) is 4.35. The number of hydrogen-bond donors (Lipinski definition) is 1. The third-order valence-electron chi connectivity index (χ3n) is 6.41. The monoisotopic (exact) mass is 520 g/mol. The molecule has 3 rings (SSSR count). The summed E-state index contributed by atoms with van der Waals surface area (Å²) in [6, 6.07) is 24.1. The second-order valence-corrected chi connectivity index (χ2v) is 10.1. The quantitative estimate of drug-likeness (QED) is 0.301. The van der Waals surface area contributed by atoms with Gasteiger partial charge in [-0.15, -0.1) is 0 Å². The molecule has 0 spiro atoms. The van der Waals surface area contributed by atoms with Gasteiger partial charge in [0.15, 0.2) is 6.61 Å². The summed E-state index contributed by atoms with van der Waals surface area (Å²) in [7, 11) is 0. The summed E-state index contributed by atoms with van der Waals surface area (Å²) >= 11 is 6.25. The summed E-state index contributed by atoms with van der Waals surface area (Å²) in [6.45, 7) is 8.22. The van der Waals surface area contributed by atoms with E-state index in [0.29, 0.717) is 17.2 Å². The normalized spacial score (nSPS) is 12.6. The van der Waals surface area contributed by atoms with Crippen LogP contribution in [0.1, 0.15) is 56.7 Å². The highest BCUT2D eigenvalue weighted by atomic mass is 35.5. The molecule has 0 fully saturated rings. The lowest BCUT2D eigenvalue weighted by Gasteiger charge is -2.32. The molecule has 0 radical (unpaired) electrons. The van der Waals surface area contributed by atoms with Gasteiger partial charge in [0.2, 0.25) is 5.91 Å². The highest BCUT2D eigenvalue weighted by Crippen LogP contribution is 2.26. The number of benzene rings is 3. The SMILES string of the molecule is CC[C@H](C)NC(=O)[C@H](Cc1ccccc1)N(Cc1cccc(Cl)c1)C(=O)COc1ccccc1C(C)C. The molecule has 3 aromatic rings. The minimum absolute atomic E-state index is 0.0111. The van der Waals surface area contributed by atoms with E-state index in [-0.39, 0.29) is 36.9 Å². The molecule has 0 bridgehead atoms. The van der Waals surface area contributed by atoms with E-state index in [0.717, 1.165) is 23.1 Å². The van der Waals surface area contributed by atoms with E-state index in [1.54, 1.807) is 11.0 Å². The van der Waals surface area contributed by atoms with Gasteiger partial charge in [0, 0.05) is 24.0 Å². The first-order valence-electron chi connectivity index (χ1n) is 12.9. The minimum atomic E-state index is -0.716. The van der Waals surface area contributed by atoms with Crippen molar-refractivity contribution in [2.24, 2.45) is 0 Å². The van der Waals surface area contributed by atoms with Crippen molar-refractivity contribution in [1.82, 2.24) is 10.2 Å². The Morgan fingerprint density at radius 1 is 0.919 bits per heavy atom. The number of para-hydroxylation sites is 1. The summed E-state index contributed by atoms with van der Waals surface area (Å²) < 4.78 is 6.04. The predicted molar refractivity (Wildman–Crippen MR) is 150 cm³/mol. The second kappa shape index (κ2) is 13.8. The number of ether oxygens (including phenoxy) is 1. The number of nitrogens with zero attached hydrogens (tertiary/aromatic N) is 1. The fraction of sp³-hybridized carbons (Fsp3) is 0.355. The van der Waals surface area contributed by atoms with Crippen LogP contribution in [0.4, 0.5) is 0 Å². The lowest BCUT2D eigenvalue weighted by atomic mass is 10.0. The third-order valence-corrected chi connectivity index (χ3v) is 6.64. The first-order valence-corrected chi connectivity index (χ1v) is 13.3. The lowest BCUT2D eigenvalue weighted by molar-refractivity contribution is -0.143. The number of hydrogen-bond acceptors (Lipinski definition) is 3. The van der Waals surface area contributed by atoms with Crippen molar-refractivity contribution in [1.29, 1.82) is 0 Å². The van der Waals surface area contributed by atoms with E-state index < -0.39 is 6.04 Å². The molecule has 0 aliphatic heterocycles.